The molecule has 1 rings (SSSR count). The van der Waals surface area contributed by atoms with E-state index in [1.807, 2.05) is 24.3 Å². The monoisotopic (exact) mass is 276 g/mol. The van der Waals surface area contributed by atoms with Crippen LogP contribution in [0.4, 0.5) is 10.5 Å². The van der Waals surface area contributed by atoms with Gasteiger partial charge >= 0.3 is 6.03 Å². The zero-order valence-electron chi connectivity index (χ0n) is 12.5. The van der Waals surface area contributed by atoms with Crippen LogP contribution in [0.2, 0.25) is 0 Å². The maximum Gasteiger partial charge on any atom is 0.322 e. The molecule has 0 aromatic heterocycles. The van der Waals surface area contributed by atoms with Gasteiger partial charge in [0.1, 0.15) is 0 Å². The second-order valence-corrected chi connectivity index (χ2v) is 5.68. The van der Waals surface area contributed by atoms with Crippen LogP contribution in [-0.4, -0.2) is 35.7 Å². The number of carbonyl (C=O) groups excluding carboxylic acids is 1. The summed E-state index contributed by atoms with van der Waals surface area (Å²) < 4.78 is 0. The van der Waals surface area contributed by atoms with Crippen molar-refractivity contribution in [3.05, 3.63) is 42.5 Å². The van der Waals surface area contributed by atoms with Crippen LogP contribution in [0.5, 0.6) is 0 Å². The van der Waals surface area contributed by atoms with Gasteiger partial charge in [0, 0.05) is 18.8 Å². The summed E-state index contributed by atoms with van der Waals surface area (Å²) in [5.74, 6) is 0. The zero-order chi connectivity index (χ0) is 15.2. The van der Waals surface area contributed by atoms with E-state index < -0.39 is 0 Å². The molecule has 110 valence electrons. The van der Waals surface area contributed by atoms with Gasteiger partial charge in [-0.05, 0) is 17.0 Å². The zero-order valence-corrected chi connectivity index (χ0v) is 12.5. The highest BCUT2D eigenvalue weighted by Crippen LogP contribution is 2.29. The lowest BCUT2D eigenvalue weighted by Gasteiger charge is -2.25. The van der Waals surface area contributed by atoms with Crippen molar-refractivity contribution in [1.82, 2.24) is 4.90 Å². The average Bonchev–Trinajstić information content (AvgIpc) is 2.38. The fraction of sp³-hybridized carbons (Fsp3) is 0.438. The van der Waals surface area contributed by atoms with Crippen LogP contribution < -0.4 is 5.32 Å². The van der Waals surface area contributed by atoms with E-state index in [0.29, 0.717) is 6.54 Å². The third-order valence-corrected chi connectivity index (χ3v) is 2.98. The topological polar surface area (TPSA) is 52.6 Å². The fourth-order valence-corrected chi connectivity index (χ4v) is 1.99. The van der Waals surface area contributed by atoms with Crippen molar-refractivity contribution in [2.75, 3.05) is 25.0 Å². The van der Waals surface area contributed by atoms with Crippen molar-refractivity contribution in [1.29, 1.82) is 0 Å². The van der Waals surface area contributed by atoms with Gasteiger partial charge in [-0.2, -0.15) is 0 Å². The minimum Gasteiger partial charge on any atom is -0.395 e. The first-order valence-electron chi connectivity index (χ1n) is 6.77. The number of nitrogens with one attached hydrogen (secondary N) is 1. The molecule has 0 aliphatic carbocycles. The van der Waals surface area contributed by atoms with E-state index in [2.05, 4.69) is 32.7 Å². The molecule has 0 bridgehead atoms. The quantitative estimate of drug-likeness (QED) is 0.812. The largest absolute Gasteiger partial charge is 0.395 e. The summed E-state index contributed by atoms with van der Waals surface area (Å²) in [4.78, 5) is 13.7. The van der Waals surface area contributed by atoms with Gasteiger partial charge in [0.05, 0.1) is 6.61 Å². The standard InChI is InChI=1S/C16H24N2O2/c1-5-10-18(11-12-19)15(20)17-14-9-7-6-8-13(14)16(2,3)4/h5-9,19H,1,10-12H2,2-4H3,(H,17,20). The first-order chi connectivity index (χ1) is 9.40. The SMILES string of the molecule is C=CCN(CCO)C(=O)Nc1ccccc1C(C)(C)C. The van der Waals surface area contributed by atoms with Crippen LogP contribution in [0.15, 0.2) is 36.9 Å². The second-order valence-electron chi connectivity index (χ2n) is 5.68. The van der Waals surface area contributed by atoms with E-state index in [-0.39, 0.29) is 24.6 Å². The number of amides is 2. The smallest absolute Gasteiger partial charge is 0.322 e. The van der Waals surface area contributed by atoms with Gasteiger partial charge < -0.3 is 15.3 Å². The van der Waals surface area contributed by atoms with Gasteiger partial charge in [-0.1, -0.05) is 45.0 Å². The number of hydrogen-bond donors (Lipinski definition) is 2. The summed E-state index contributed by atoms with van der Waals surface area (Å²) in [6.45, 7) is 10.6. The van der Waals surface area contributed by atoms with Gasteiger partial charge in [0.25, 0.3) is 0 Å². The Morgan fingerprint density at radius 1 is 1.40 bits per heavy atom. The Morgan fingerprint density at radius 3 is 2.60 bits per heavy atom. The molecule has 1 aromatic carbocycles. The molecule has 1 aromatic rings. The predicted octanol–water partition coefficient (Wildman–Crippen LogP) is 3.00. The van der Waals surface area contributed by atoms with Crippen LogP contribution in [0.3, 0.4) is 0 Å². The number of hydrogen-bond acceptors (Lipinski definition) is 2. The van der Waals surface area contributed by atoms with E-state index in [9.17, 15) is 4.79 Å². The molecule has 0 heterocycles. The number of rotatable bonds is 5. The van der Waals surface area contributed by atoms with Gasteiger partial charge in [-0.25, -0.2) is 4.79 Å². The molecule has 0 unspecified atom stereocenters. The highest BCUT2D eigenvalue weighted by Gasteiger charge is 2.20. The molecule has 0 aliphatic heterocycles. The Balaban J connectivity index is 2.92. The molecule has 20 heavy (non-hydrogen) atoms. The maximum atomic E-state index is 12.2. The van der Waals surface area contributed by atoms with Gasteiger partial charge in [-0.3, -0.25) is 0 Å². The Kier molecular flexibility index (Phi) is 5.77. The van der Waals surface area contributed by atoms with E-state index in [0.717, 1.165) is 11.3 Å². The molecule has 2 amide bonds. The van der Waals surface area contributed by atoms with Crippen molar-refractivity contribution >= 4 is 11.7 Å². The highest BCUT2D eigenvalue weighted by atomic mass is 16.3. The average molecular weight is 276 g/mol. The molecule has 0 aliphatic rings. The number of anilines is 1. The summed E-state index contributed by atoms with van der Waals surface area (Å²) >= 11 is 0. The molecule has 4 nitrogen and oxygen atoms in total. The van der Waals surface area contributed by atoms with Crippen LogP contribution in [0.25, 0.3) is 0 Å². The predicted molar refractivity (Wildman–Crippen MR) is 83.0 cm³/mol. The maximum absolute atomic E-state index is 12.2. The molecule has 0 radical (unpaired) electrons. The van der Waals surface area contributed by atoms with Crippen LogP contribution in [0, 0.1) is 0 Å². The minimum atomic E-state index is -0.226. The van der Waals surface area contributed by atoms with E-state index >= 15 is 0 Å². The number of aliphatic hydroxyl groups excluding tert-OH is 1. The minimum absolute atomic E-state index is 0.0515. The van der Waals surface area contributed by atoms with Crippen molar-refractivity contribution in [2.45, 2.75) is 26.2 Å². The van der Waals surface area contributed by atoms with Crippen LogP contribution in [-0.2, 0) is 5.41 Å². The summed E-state index contributed by atoms with van der Waals surface area (Å²) in [5.41, 5.74) is 1.83. The van der Waals surface area contributed by atoms with Crippen molar-refractivity contribution in [2.24, 2.45) is 0 Å². The van der Waals surface area contributed by atoms with Crippen LogP contribution >= 0.6 is 0 Å². The molecule has 0 spiro atoms. The molecule has 0 fully saturated rings. The molecule has 2 N–H and O–H groups in total. The lowest BCUT2D eigenvalue weighted by Crippen LogP contribution is -2.37. The Morgan fingerprint density at radius 2 is 2.05 bits per heavy atom. The molecule has 0 saturated carbocycles. The van der Waals surface area contributed by atoms with E-state index in [4.69, 9.17) is 5.11 Å². The number of aliphatic hydroxyl groups is 1. The molecular weight excluding hydrogens is 252 g/mol. The fourth-order valence-electron chi connectivity index (χ4n) is 1.99. The lowest BCUT2D eigenvalue weighted by molar-refractivity contribution is 0.195. The Labute approximate surface area is 121 Å². The number of benzene rings is 1. The summed E-state index contributed by atoms with van der Waals surface area (Å²) in [6.07, 6.45) is 1.64. The Bertz CT molecular complexity index is 464. The molecule has 4 heteroatoms. The molecule has 0 saturated heterocycles. The van der Waals surface area contributed by atoms with Crippen LogP contribution in [0.1, 0.15) is 26.3 Å². The van der Waals surface area contributed by atoms with Gasteiger partial charge in [0.2, 0.25) is 0 Å². The second kappa shape index (κ2) is 7.10. The lowest BCUT2D eigenvalue weighted by atomic mass is 9.86. The third-order valence-electron chi connectivity index (χ3n) is 2.98. The van der Waals surface area contributed by atoms with E-state index in [1.54, 1.807) is 6.08 Å². The highest BCUT2D eigenvalue weighted by molar-refractivity contribution is 5.90. The number of urea groups is 1. The number of carbonyl (C=O) groups is 1. The first kappa shape index (κ1) is 16.2. The molecular formula is C16H24N2O2. The van der Waals surface area contributed by atoms with Crippen molar-refractivity contribution in [3.8, 4) is 0 Å². The van der Waals surface area contributed by atoms with E-state index in [1.165, 1.54) is 4.90 Å². The van der Waals surface area contributed by atoms with Gasteiger partial charge in [0.15, 0.2) is 0 Å². The Hall–Kier alpha value is -1.81. The first-order valence-corrected chi connectivity index (χ1v) is 6.77. The normalized spacial score (nSPS) is 11.0. The van der Waals surface area contributed by atoms with Gasteiger partial charge in [-0.15, -0.1) is 6.58 Å². The third kappa shape index (κ3) is 4.38. The summed E-state index contributed by atoms with van der Waals surface area (Å²) in [5, 5.41) is 11.9. The van der Waals surface area contributed by atoms with Crippen molar-refractivity contribution in [3.63, 3.8) is 0 Å². The number of nitrogens with zero attached hydrogens (tertiary/aromatic N) is 1. The summed E-state index contributed by atoms with van der Waals surface area (Å²) in [7, 11) is 0. The van der Waals surface area contributed by atoms with Crippen molar-refractivity contribution < 1.29 is 9.90 Å². The summed E-state index contributed by atoms with van der Waals surface area (Å²) in [6, 6.07) is 7.54. The molecule has 0 atom stereocenters. The number of para-hydroxylation sites is 1.